The second-order valence-electron chi connectivity index (χ2n) is 6.88. The third-order valence-electron chi connectivity index (χ3n) is 5.16. The fraction of sp³-hybridized carbons (Fsp3) is 0.400. The van der Waals surface area contributed by atoms with Crippen molar-refractivity contribution >= 4 is 22.4 Å². The Labute approximate surface area is 182 Å². The molecule has 10 heteroatoms. The molecule has 0 unspecified atom stereocenters. The molecule has 2 aliphatic heterocycles. The van der Waals surface area contributed by atoms with Crippen molar-refractivity contribution in [3.8, 4) is 23.0 Å². The molecule has 4 rings (SSSR count). The molecule has 2 heterocycles. The van der Waals surface area contributed by atoms with Crippen LogP contribution in [0, 0.1) is 0 Å². The van der Waals surface area contributed by atoms with Gasteiger partial charge in [0.2, 0.25) is 16.8 Å². The predicted molar refractivity (Wildman–Crippen MR) is 113 cm³/mol. The fourth-order valence-electron chi connectivity index (χ4n) is 3.55. The van der Waals surface area contributed by atoms with Crippen molar-refractivity contribution in [1.29, 1.82) is 0 Å². The van der Waals surface area contributed by atoms with Gasteiger partial charge in [0.1, 0.15) is 16.4 Å². The van der Waals surface area contributed by atoms with E-state index in [1.54, 1.807) is 12.1 Å². The van der Waals surface area contributed by atoms with E-state index in [2.05, 4.69) is 4.90 Å². The van der Waals surface area contributed by atoms with Crippen LogP contribution in [0.2, 0.25) is 0 Å². The molecular formula is C20H25ClN2O6S. The zero-order chi connectivity index (χ0) is 20.4. The summed E-state index contributed by atoms with van der Waals surface area (Å²) in [6.45, 7) is 3.08. The van der Waals surface area contributed by atoms with Crippen LogP contribution in [0.5, 0.6) is 23.0 Å². The van der Waals surface area contributed by atoms with Crippen LogP contribution in [-0.2, 0) is 16.6 Å². The third-order valence-corrected chi connectivity index (χ3v) is 7.08. The first-order chi connectivity index (χ1) is 14.0. The van der Waals surface area contributed by atoms with Crippen molar-refractivity contribution in [3.05, 3.63) is 42.0 Å². The Kier molecular flexibility index (Phi) is 6.97. The molecule has 0 radical (unpaired) electrons. The Bertz CT molecular complexity index is 993. The molecule has 0 atom stereocenters. The summed E-state index contributed by atoms with van der Waals surface area (Å²) in [5, 5.41) is 0. The molecule has 0 N–H and O–H groups in total. The smallest absolute Gasteiger partial charge is 0.246 e. The highest BCUT2D eigenvalue weighted by Crippen LogP contribution is 2.33. The van der Waals surface area contributed by atoms with Crippen LogP contribution in [0.4, 0.5) is 0 Å². The van der Waals surface area contributed by atoms with Crippen molar-refractivity contribution in [1.82, 2.24) is 9.21 Å². The second kappa shape index (κ2) is 9.30. The maximum absolute atomic E-state index is 13.2. The molecule has 0 amide bonds. The van der Waals surface area contributed by atoms with Gasteiger partial charge < -0.3 is 18.9 Å². The Morgan fingerprint density at radius 3 is 2.37 bits per heavy atom. The molecule has 2 aromatic rings. The van der Waals surface area contributed by atoms with E-state index in [9.17, 15) is 8.42 Å². The number of sulfonamides is 1. The maximum Gasteiger partial charge on any atom is 0.246 e. The second-order valence-corrected chi connectivity index (χ2v) is 8.79. The van der Waals surface area contributed by atoms with Gasteiger partial charge in [0.25, 0.3) is 0 Å². The lowest BCUT2D eigenvalue weighted by atomic mass is 10.2. The summed E-state index contributed by atoms with van der Waals surface area (Å²) in [4.78, 5) is 2.36. The molecule has 2 aromatic carbocycles. The van der Waals surface area contributed by atoms with E-state index in [-0.39, 0.29) is 24.1 Å². The monoisotopic (exact) mass is 456 g/mol. The maximum atomic E-state index is 13.2. The third kappa shape index (κ3) is 4.44. The van der Waals surface area contributed by atoms with Crippen LogP contribution in [0.3, 0.4) is 0 Å². The molecule has 0 spiro atoms. The minimum absolute atomic E-state index is 0. The molecular weight excluding hydrogens is 432 g/mol. The molecule has 0 aromatic heterocycles. The molecule has 30 heavy (non-hydrogen) atoms. The van der Waals surface area contributed by atoms with Crippen LogP contribution in [0.25, 0.3) is 0 Å². The van der Waals surface area contributed by atoms with Gasteiger partial charge in [-0.05, 0) is 29.8 Å². The Morgan fingerprint density at radius 2 is 1.67 bits per heavy atom. The normalized spacial score (nSPS) is 16.7. The van der Waals surface area contributed by atoms with E-state index >= 15 is 0 Å². The van der Waals surface area contributed by atoms with E-state index in [1.807, 2.05) is 18.2 Å². The Hall–Kier alpha value is -2.20. The van der Waals surface area contributed by atoms with Crippen molar-refractivity contribution in [3.63, 3.8) is 0 Å². The number of hydrogen-bond donors (Lipinski definition) is 0. The Morgan fingerprint density at radius 1 is 0.933 bits per heavy atom. The summed E-state index contributed by atoms with van der Waals surface area (Å²) < 4.78 is 49.1. The van der Waals surface area contributed by atoms with Crippen LogP contribution in [-0.4, -0.2) is 64.8 Å². The highest BCUT2D eigenvalue weighted by Gasteiger charge is 2.31. The topological polar surface area (TPSA) is 77.5 Å². The molecule has 164 valence electrons. The quantitative estimate of drug-likeness (QED) is 0.660. The van der Waals surface area contributed by atoms with Crippen LogP contribution < -0.4 is 18.9 Å². The van der Waals surface area contributed by atoms with Crippen molar-refractivity contribution in [2.45, 2.75) is 11.4 Å². The van der Waals surface area contributed by atoms with Gasteiger partial charge in [0.05, 0.1) is 14.2 Å². The van der Waals surface area contributed by atoms with E-state index < -0.39 is 10.0 Å². The molecule has 1 saturated heterocycles. The molecule has 8 nitrogen and oxygen atoms in total. The number of rotatable bonds is 6. The van der Waals surface area contributed by atoms with Crippen molar-refractivity contribution in [2.24, 2.45) is 0 Å². The van der Waals surface area contributed by atoms with Gasteiger partial charge in [0.15, 0.2) is 11.5 Å². The molecule has 1 fully saturated rings. The fourth-order valence-corrected chi connectivity index (χ4v) is 5.14. The van der Waals surface area contributed by atoms with Crippen molar-refractivity contribution < 1.29 is 27.4 Å². The number of methoxy groups -OCH3 is 2. The van der Waals surface area contributed by atoms with Gasteiger partial charge in [0, 0.05) is 38.8 Å². The Balaban J connectivity index is 0.00000256. The zero-order valence-electron chi connectivity index (χ0n) is 16.9. The summed E-state index contributed by atoms with van der Waals surface area (Å²) in [6, 6.07) is 10.7. The lowest BCUT2D eigenvalue weighted by Crippen LogP contribution is -2.48. The number of piperazine rings is 1. The number of nitrogens with zero attached hydrogens (tertiary/aromatic N) is 2. The van der Waals surface area contributed by atoms with E-state index in [0.717, 1.165) is 23.6 Å². The summed E-state index contributed by atoms with van der Waals surface area (Å²) in [5.41, 5.74) is 1.11. The lowest BCUT2D eigenvalue weighted by Gasteiger charge is -2.34. The minimum atomic E-state index is -3.68. The standard InChI is InChI=1S/C20H24N2O6S.ClH/c1-25-16-4-6-18(26-2)20(12-16)29(23,24)22-9-7-21(8-10-22)13-15-3-5-17-19(11-15)28-14-27-17;/h3-6,11-12H,7-10,13-14H2,1-2H3;1H. The summed E-state index contributed by atoms with van der Waals surface area (Å²) >= 11 is 0. The van der Waals surface area contributed by atoms with Gasteiger partial charge >= 0.3 is 0 Å². The van der Waals surface area contributed by atoms with E-state index in [4.69, 9.17) is 18.9 Å². The van der Waals surface area contributed by atoms with Gasteiger partial charge in [-0.15, -0.1) is 12.4 Å². The number of ether oxygens (including phenoxy) is 4. The first-order valence-electron chi connectivity index (χ1n) is 9.34. The highest BCUT2D eigenvalue weighted by molar-refractivity contribution is 7.89. The van der Waals surface area contributed by atoms with E-state index in [0.29, 0.717) is 37.7 Å². The van der Waals surface area contributed by atoms with Gasteiger partial charge in [-0.25, -0.2) is 8.42 Å². The molecule has 0 aliphatic carbocycles. The summed E-state index contributed by atoms with van der Waals surface area (Å²) in [7, 11) is -0.707. The van der Waals surface area contributed by atoms with Gasteiger partial charge in [-0.1, -0.05) is 6.07 Å². The summed E-state index contributed by atoms with van der Waals surface area (Å²) in [5.74, 6) is 2.31. The number of fused-ring (bicyclic) bond motifs is 1. The van der Waals surface area contributed by atoms with Gasteiger partial charge in [-0.3, -0.25) is 4.90 Å². The van der Waals surface area contributed by atoms with Crippen molar-refractivity contribution in [2.75, 3.05) is 47.2 Å². The summed E-state index contributed by atoms with van der Waals surface area (Å²) in [6.07, 6.45) is 0. The number of halogens is 1. The average molecular weight is 457 g/mol. The molecule has 2 aliphatic rings. The minimum Gasteiger partial charge on any atom is -0.497 e. The highest BCUT2D eigenvalue weighted by atomic mass is 35.5. The molecule has 0 saturated carbocycles. The van der Waals surface area contributed by atoms with Crippen LogP contribution in [0.1, 0.15) is 5.56 Å². The van der Waals surface area contributed by atoms with Gasteiger partial charge in [-0.2, -0.15) is 4.31 Å². The zero-order valence-corrected chi connectivity index (χ0v) is 18.5. The number of benzene rings is 2. The largest absolute Gasteiger partial charge is 0.497 e. The SMILES string of the molecule is COc1ccc(OC)c(S(=O)(=O)N2CCN(Cc3ccc4c(c3)OCO4)CC2)c1.Cl. The first kappa shape index (κ1) is 22.5. The molecule has 0 bridgehead atoms. The average Bonchev–Trinajstić information content (AvgIpc) is 3.21. The van der Waals surface area contributed by atoms with Crippen LogP contribution in [0.15, 0.2) is 41.3 Å². The first-order valence-corrected chi connectivity index (χ1v) is 10.8. The predicted octanol–water partition coefficient (Wildman–Crippen LogP) is 2.36. The lowest BCUT2D eigenvalue weighted by molar-refractivity contribution is 0.173. The van der Waals surface area contributed by atoms with Crippen LogP contribution >= 0.6 is 12.4 Å². The number of hydrogen-bond acceptors (Lipinski definition) is 7. The van der Waals surface area contributed by atoms with E-state index in [1.165, 1.54) is 24.6 Å².